The van der Waals surface area contributed by atoms with Gasteiger partial charge in [0, 0.05) is 64.0 Å². The second-order valence-corrected chi connectivity index (χ2v) is 5.68. The number of carboxylic acid groups (broad SMARTS) is 3. The minimum absolute atomic E-state index is 0. The summed E-state index contributed by atoms with van der Waals surface area (Å²) in [5.74, 6) is -2.96. The van der Waals surface area contributed by atoms with Gasteiger partial charge < -0.3 is 32.5 Å². The van der Waals surface area contributed by atoms with Crippen LogP contribution >= 0.6 is 0 Å². The van der Waals surface area contributed by atoms with Crippen LogP contribution in [0.4, 0.5) is 17.1 Å². The average molecular weight is 584 g/mol. The van der Waals surface area contributed by atoms with Gasteiger partial charge >= 0.3 is 17.9 Å². The van der Waals surface area contributed by atoms with Crippen molar-refractivity contribution in [2.75, 3.05) is 17.2 Å². The van der Waals surface area contributed by atoms with Crippen molar-refractivity contribution in [1.29, 1.82) is 0 Å². The molecule has 0 aliphatic carbocycles. The molecule has 0 aliphatic rings. The zero-order valence-electron chi connectivity index (χ0n) is 16.0. The number of rotatable bonds is 3. The van der Waals surface area contributed by atoms with Gasteiger partial charge in [0.25, 0.3) is 0 Å². The Kier molecular flexibility index (Phi) is 12.7. The molecular formula is C21H21N3O6Yb. The molecule has 10 heteroatoms. The molecule has 0 spiro atoms. The number of para-hydroxylation sites is 3. The zero-order chi connectivity index (χ0) is 22.7. The Morgan fingerprint density at radius 1 is 0.484 bits per heavy atom. The van der Waals surface area contributed by atoms with Crippen LogP contribution in [0.25, 0.3) is 0 Å². The summed E-state index contributed by atoms with van der Waals surface area (Å²) < 4.78 is 0. The van der Waals surface area contributed by atoms with Crippen LogP contribution in [-0.2, 0) is 0 Å². The quantitative estimate of drug-likeness (QED) is 0.251. The van der Waals surface area contributed by atoms with Gasteiger partial charge in [0.05, 0.1) is 16.7 Å². The van der Waals surface area contributed by atoms with Gasteiger partial charge in [-0.25, -0.2) is 14.4 Å². The van der Waals surface area contributed by atoms with Crippen molar-refractivity contribution in [3.05, 3.63) is 89.5 Å². The van der Waals surface area contributed by atoms with Gasteiger partial charge in [-0.15, -0.1) is 0 Å². The SMILES string of the molecule is Nc1ccccc1C(=O)O.Nc1ccccc1C(=O)O.Nc1ccccc1C(=O)O.[Yb]. The molecule has 3 rings (SSSR count). The van der Waals surface area contributed by atoms with E-state index in [1.165, 1.54) is 18.2 Å². The molecule has 0 radical (unpaired) electrons. The summed E-state index contributed by atoms with van der Waals surface area (Å²) in [5.41, 5.74) is 17.4. The Bertz CT molecular complexity index is 911. The molecule has 0 bridgehead atoms. The van der Waals surface area contributed by atoms with E-state index in [9.17, 15) is 14.4 Å². The van der Waals surface area contributed by atoms with Crippen LogP contribution in [0.2, 0.25) is 0 Å². The van der Waals surface area contributed by atoms with Crippen LogP contribution in [0.5, 0.6) is 0 Å². The molecule has 9 nitrogen and oxygen atoms in total. The van der Waals surface area contributed by atoms with E-state index in [0.29, 0.717) is 17.1 Å². The van der Waals surface area contributed by atoms with Crippen molar-refractivity contribution < 1.29 is 76.6 Å². The van der Waals surface area contributed by atoms with E-state index >= 15 is 0 Å². The fraction of sp³-hybridized carbons (Fsp3) is 0. The fourth-order valence-corrected chi connectivity index (χ4v) is 2.08. The van der Waals surface area contributed by atoms with Gasteiger partial charge in [0.1, 0.15) is 0 Å². The summed E-state index contributed by atoms with van der Waals surface area (Å²) in [5, 5.41) is 25.5. The molecular weight excluding hydrogens is 563 g/mol. The number of aromatic carboxylic acids is 3. The third kappa shape index (κ3) is 9.56. The molecule has 0 amide bonds. The molecule has 0 saturated carbocycles. The van der Waals surface area contributed by atoms with Gasteiger partial charge in [-0.3, -0.25) is 0 Å². The first kappa shape index (κ1) is 28.0. The van der Waals surface area contributed by atoms with E-state index in [-0.39, 0.29) is 63.6 Å². The molecule has 0 heterocycles. The molecule has 0 aromatic heterocycles. The molecule has 0 fully saturated rings. The summed E-state index contributed by atoms with van der Waals surface area (Å²) >= 11 is 0. The second kappa shape index (κ2) is 14.1. The van der Waals surface area contributed by atoms with E-state index in [4.69, 9.17) is 32.5 Å². The molecule has 170 valence electrons. The normalized spacial score (nSPS) is 8.90. The predicted molar refractivity (Wildman–Crippen MR) is 113 cm³/mol. The molecule has 31 heavy (non-hydrogen) atoms. The van der Waals surface area contributed by atoms with Crippen LogP contribution in [0.3, 0.4) is 0 Å². The van der Waals surface area contributed by atoms with Crippen LogP contribution in [0.1, 0.15) is 31.1 Å². The topological polar surface area (TPSA) is 190 Å². The largest absolute Gasteiger partial charge is 0.478 e. The first-order chi connectivity index (χ1) is 14.1. The summed E-state index contributed by atoms with van der Waals surface area (Å²) in [6, 6.07) is 19.1. The second-order valence-electron chi connectivity index (χ2n) is 5.68. The summed E-state index contributed by atoms with van der Waals surface area (Å²) in [4.78, 5) is 31.0. The smallest absolute Gasteiger partial charge is 0.337 e. The van der Waals surface area contributed by atoms with Crippen LogP contribution in [-0.4, -0.2) is 33.2 Å². The summed E-state index contributed by atoms with van der Waals surface area (Å²) in [6.45, 7) is 0. The number of anilines is 3. The fourth-order valence-electron chi connectivity index (χ4n) is 2.08. The molecule has 0 aliphatic heterocycles. The van der Waals surface area contributed by atoms with Crippen molar-refractivity contribution >= 4 is 35.0 Å². The van der Waals surface area contributed by atoms with E-state index in [0.717, 1.165) is 0 Å². The Hall–Kier alpha value is -3.01. The van der Waals surface area contributed by atoms with Crippen molar-refractivity contribution in [3.8, 4) is 0 Å². The minimum atomic E-state index is -0.988. The van der Waals surface area contributed by atoms with Crippen LogP contribution in [0.15, 0.2) is 72.8 Å². The predicted octanol–water partition coefficient (Wildman–Crippen LogP) is 2.90. The average Bonchev–Trinajstić information content (AvgIpc) is 2.69. The number of benzene rings is 3. The molecule has 0 unspecified atom stereocenters. The van der Waals surface area contributed by atoms with Gasteiger partial charge in [0.15, 0.2) is 0 Å². The number of hydrogen-bond donors (Lipinski definition) is 6. The van der Waals surface area contributed by atoms with Gasteiger partial charge in [-0.2, -0.15) is 0 Å². The van der Waals surface area contributed by atoms with Crippen LogP contribution < -0.4 is 17.2 Å². The van der Waals surface area contributed by atoms with Gasteiger partial charge in [0.2, 0.25) is 0 Å². The number of carboxylic acids is 3. The number of hydrogen-bond acceptors (Lipinski definition) is 6. The van der Waals surface area contributed by atoms with Gasteiger partial charge in [-0.1, -0.05) is 36.4 Å². The van der Waals surface area contributed by atoms with E-state index in [1.807, 2.05) is 0 Å². The van der Waals surface area contributed by atoms with Crippen LogP contribution in [0, 0.1) is 46.9 Å². The third-order valence-corrected chi connectivity index (χ3v) is 3.57. The first-order valence-electron chi connectivity index (χ1n) is 8.38. The molecule has 9 N–H and O–H groups in total. The summed E-state index contributed by atoms with van der Waals surface area (Å²) in [7, 11) is 0. The Morgan fingerprint density at radius 2 is 0.677 bits per heavy atom. The van der Waals surface area contributed by atoms with E-state index in [2.05, 4.69) is 0 Å². The molecule has 3 aromatic rings. The maximum Gasteiger partial charge on any atom is 0.337 e. The monoisotopic (exact) mass is 585 g/mol. The minimum Gasteiger partial charge on any atom is -0.478 e. The number of nitrogen functional groups attached to an aromatic ring is 3. The van der Waals surface area contributed by atoms with Crippen molar-refractivity contribution in [1.82, 2.24) is 0 Å². The molecule has 0 saturated heterocycles. The summed E-state index contributed by atoms with van der Waals surface area (Å²) in [6.07, 6.45) is 0. The maximum absolute atomic E-state index is 10.3. The maximum atomic E-state index is 10.3. The Morgan fingerprint density at radius 3 is 0.806 bits per heavy atom. The standard InChI is InChI=1S/3C7H7NO2.Yb/c3*8-6-4-2-1-3-5(6)7(9)10;/h3*1-4H,8H2,(H,9,10);. The first-order valence-corrected chi connectivity index (χ1v) is 8.38. The van der Waals surface area contributed by atoms with Crippen molar-refractivity contribution in [3.63, 3.8) is 0 Å². The van der Waals surface area contributed by atoms with Crippen molar-refractivity contribution in [2.24, 2.45) is 0 Å². The van der Waals surface area contributed by atoms with E-state index < -0.39 is 17.9 Å². The zero-order valence-corrected chi connectivity index (χ0v) is 17.7. The molecule has 0 atom stereocenters. The molecule has 3 aromatic carbocycles. The Labute approximate surface area is 216 Å². The Balaban J connectivity index is 0.000000429. The third-order valence-electron chi connectivity index (χ3n) is 3.57. The van der Waals surface area contributed by atoms with Crippen molar-refractivity contribution in [2.45, 2.75) is 0 Å². The van der Waals surface area contributed by atoms with Gasteiger partial charge in [-0.05, 0) is 36.4 Å². The number of carbonyl (C=O) groups is 3. The number of nitrogens with two attached hydrogens (primary N) is 3. The van der Waals surface area contributed by atoms with E-state index in [1.54, 1.807) is 54.6 Å².